The molecule has 2 aromatic rings. The Morgan fingerprint density at radius 3 is 2.51 bits per heavy atom. The fourth-order valence-corrected chi connectivity index (χ4v) is 6.74. The van der Waals surface area contributed by atoms with Crippen molar-refractivity contribution in [2.75, 3.05) is 37.3 Å². The van der Waals surface area contributed by atoms with E-state index in [1.165, 1.54) is 22.5 Å². The first-order valence-electron chi connectivity index (χ1n) is 11.2. The molecule has 10 heteroatoms. The van der Waals surface area contributed by atoms with E-state index in [1.807, 2.05) is 0 Å². The van der Waals surface area contributed by atoms with E-state index in [4.69, 9.17) is 18.9 Å². The molecule has 8 nitrogen and oxygen atoms in total. The molecule has 3 aliphatic rings. The lowest BCUT2D eigenvalue weighted by atomic mass is 10.2. The van der Waals surface area contributed by atoms with Crippen molar-refractivity contribution in [3.05, 3.63) is 77.1 Å². The van der Waals surface area contributed by atoms with Crippen LogP contribution in [0.2, 0.25) is 0 Å². The SMILES string of the molecule is C=C/C(=C\C1=C(C)OCCO1)S(=O)c1ccc2c(c1)CCN2S(=O)(=O)c1ccc2c(c1)OCCO2. The molecule has 0 aliphatic carbocycles. The van der Waals surface area contributed by atoms with E-state index in [1.54, 1.807) is 37.3 Å². The number of nitrogens with zero attached hydrogens (tertiary/aromatic N) is 1. The second-order valence-electron chi connectivity index (χ2n) is 8.06. The van der Waals surface area contributed by atoms with Crippen LogP contribution < -0.4 is 13.8 Å². The summed E-state index contributed by atoms with van der Waals surface area (Å²) in [5.41, 5.74) is 1.39. The number of sulfonamides is 1. The largest absolute Gasteiger partial charge is 0.491 e. The number of hydrogen-bond acceptors (Lipinski definition) is 7. The van der Waals surface area contributed by atoms with Gasteiger partial charge in [0.15, 0.2) is 17.3 Å². The quantitative estimate of drug-likeness (QED) is 0.542. The monoisotopic (exact) mass is 515 g/mol. The van der Waals surface area contributed by atoms with E-state index in [-0.39, 0.29) is 4.90 Å². The summed E-state index contributed by atoms with van der Waals surface area (Å²) >= 11 is 0. The average Bonchev–Trinajstić information content (AvgIpc) is 3.32. The van der Waals surface area contributed by atoms with Gasteiger partial charge in [-0.3, -0.25) is 4.31 Å². The highest BCUT2D eigenvalue weighted by Crippen LogP contribution is 2.38. The van der Waals surface area contributed by atoms with Crippen LogP contribution in [0.25, 0.3) is 0 Å². The zero-order valence-corrected chi connectivity index (χ0v) is 20.8. The maximum atomic E-state index is 13.4. The van der Waals surface area contributed by atoms with Crippen LogP contribution in [0.5, 0.6) is 11.5 Å². The average molecular weight is 516 g/mol. The first-order valence-corrected chi connectivity index (χ1v) is 13.7. The first-order chi connectivity index (χ1) is 16.9. The number of rotatable bonds is 6. The minimum absolute atomic E-state index is 0.137. The molecule has 0 bridgehead atoms. The molecule has 0 saturated carbocycles. The third-order valence-electron chi connectivity index (χ3n) is 5.91. The Kier molecular flexibility index (Phi) is 6.33. The summed E-state index contributed by atoms with van der Waals surface area (Å²) in [5, 5.41) is 0. The molecule has 184 valence electrons. The highest BCUT2D eigenvalue weighted by molar-refractivity contribution is 7.92. The molecule has 0 amide bonds. The van der Waals surface area contributed by atoms with Crippen molar-refractivity contribution in [1.29, 1.82) is 0 Å². The summed E-state index contributed by atoms with van der Waals surface area (Å²) in [6.07, 6.45) is 3.71. The minimum atomic E-state index is -3.81. The van der Waals surface area contributed by atoms with E-state index < -0.39 is 20.8 Å². The molecule has 0 fully saturated rings. The zero-order chi connectivity index (χ0) is 24.6. The molecular weight excluding hydrogens is 490 g/mol. The Morgan fingerprint density at radius 2 is 1.74 bits per heavy atom. The topological polar surface area (TPSA) is 91.4 Å². The second-order valence-corrected chi connectivity index (χ2v) is 11.4. The molecule has 0 aromatic heterocycles. The third kappa shape index (κ3) is 4.43. The lowest BCUT2D eigenvalue weighted by molar-refractivity contribution is 0.0708. The third-order valence-corrected chi connectivity index (χ3v) is 9.12. The van der Waals surface area contributed by atoms with Gasteiger partial charge in [-0.05, 0) is 49.2 Å². The van der Waals surface area contributed by atoms with Crippen molar-refractivity contribution in [1.82, 2.24) is 0 Å². The Balaban J connectivity index is 1.42. The Bertz CT molecular complexity index is 1380. The minimum Gasteiger partial charge on any atom is -0.491 e. The van der Waals surface area contributed by atoms with Crippen molar-refractivity contribution in [3.63, 3.8) is 0 Å². The van der Waals surface area contributed by atoms with Crippen molar-refractivity contribution in [2.45, 2.75) is 23.1 Å². The molecule has 3 heterocycles. The van der Waals surface area contributed by atoms with E-state index >= 15 is 0 Å². The van der Waals surface area contributed by atoms with Crippen LogP contribution in [0.3, 0.4) is 0 Å². The van der Waals surface area contributed by atoms with Gasteiger partial charge in [0, 0.05) is 28.5 Å². The van der Waals surface area contributed by atoms with E-state index in [2.05, 4.69) is 6.58 Å². The summed E-state index contributed by atoms with van der Waals surface area (Å²) in [7, 11) is -5.33. The molecule has 1 unspecified atom stereocenters. The van der Waals surface area contributed by atoms with Crippen molar-refractivity contribution in [2.24, 2.45) is 0 Å². The summed E-state index contributed by atoms with van der Waals surface area (Å²) in [6.45, 7) is 7.59. The van der Waals surface area contributed by atoms with Gasteiger partial charge in [-0.2, -0.15) is 0 Å². The Hall–Kier alpha value is -3.24. The summed E-state index contributed by atoms with van der Waals surface area (Å²) in [5.74, 6) is 2.11. The van der Waals surface area contributed by atoms with Gasteiger partial charge in [-0.15, -0.1) is 0 Å². The molecule has 2 aromatic carbocycles. The number of allylic oxidation sites excluding steroid dienone is 3. The fraction of sp³-hybridized carbons (Fsp3) is 0.280. The lowest BCUT2D eigenvalue weighted by Gasteiger charge is -2.22. The molecule has 3 aliphatic heterocycles. The smallest absolute Gasteiger partial charge is 0.264 e. The van der Waals surface area contributed by atoms with E-state index in [0.29, 0.717) is 77.9 Å². The standard InChI is InChI=1S/C25H25NO7S2/c1-3-19(15-24-17(2)30-10-11-32-24)34(27)20-4-6-22-18(14-20)8-9-26(22)35(28,29)21-5-7-23-25(16-21)33-13-12-31-23/h3-7,14-16H,1,8-13H2,2H3/b19-15+. The number of anilines is 1. The highest BCUT2D eigenvalue weighted by atomic mass is 32.2. The molecule has 35 heavy (non-hydrogen) atoms. The van der Waals surface area contributed by atoms with Crippen LogP contribution in [-0.4, -0.2) is 45.6 Å². The maximum Gasteiger partial charge on any atom is 0.264 e. The van der Waals surface area contributed by atoms with E-state index in [0.717, 1.165) is 5.56 Å². The van der Waals surface area contributed by atoms with Crippen LogP contribution >= 0.6 is 0 Å². The van der Waals surface area contributed by atoms with Gasteiger partial charge in [0.1, 0.15) is 32.2 Å². The molecule has 0 saturated heterocycles. The summed E-state index contributed by atoms with van der Waals surface area (Å²) in [6, 6.07) is 9.83. The summed E-state index contributed by atoms with van der Waals surface area (Å²) in [4.78, 5) is 1.17. The number of ether oxygens (including phenoxy) is 4. The predicted molar refractivity (Wildman–Crippen MR) is 131 cm³/mol. The van der Waals surface area contributed by atoms with Crippen LogP contribution in [0, 0.1) is 0 Å². The molecular formula is C25H25NO7S2. The molecule has 0 spiro atoms. The van der Waals surface area contributed by atoms with Gasteiger partial charge in [0.2, 0.25) is 0 Å². The predicted octanol–water partition coefficient (Wildman–Crippen LogP) is 3.67. The first kappa shape index (κ1) is 23.5. The van der Waals surface area contributed by atoms with Crippen LogP contribution in [-0.2, 0) is 36.7 Å². The molecule has 0 radical (unpaired) electrons. The Morgan fingerprint density at radius 1 is 1.00 bits per heavy atom. The number of fused-ring (bicyclic) bond motifs is 2. The fourth-order valence-electron chi connectivity index (χ4n) is 4.14. The zero-order valence-electron chi connectivity index (χ0n) is 19.2. The number of benzene rings is 2. The van der Waals surface area contributed by atoms with Crippen molar-refractivity contribution >= 4 is 26.5 Å². The van der Waals surface area contributed by atoms with Gasteiger partial charge in [0.25, 0.3) is 10.0 Å². The molecule has 5 rings (SSSR count). The maximum absolute atomic E-state index is 13.4. The normalized spacial score (nSPS) is 18.4. The van der Waals surface area contributed by atoms with Crippen molar-refractivity contribution in [3.8, 4) is 11.5 Å². The van der Waals surface area contributed by atoms with Gasteiger partial charge in [0.05, 0.1) is 21.4 Å². The van der Waals surface area contributed by atoms with Crippen LogP contribution in [0.1, 0.15) is 12.5 Å². The van der Waals surface area contributed by atoms with Crippen LogP contribution in [0.15, 0.2) is 81.3 Å². The van der Waals surface area contributed by atoms with Crippen molar-refractivity contribution < 1.29 is 31.6 Å². The van der Waals surface area contributed by atoms with E-state index in [9.17, 15) is 12.6 Å². The second kappa shape index (κ2) is 9.43. The summed E-state index contributed by atoms with van der Waals surface area (Å²) < 4.78 is 63.7. The molecule has 0 N–H and O–H groups in total. The van der Waals surface area contributed by atoms with Gasteiger partial charge < -0.3 is 18.9 Å². The lowest BCUT2D eigenvalue weighted by Crippen LogP contribution is -2.29. The van der Waals surface area contributed by atoms with Gasteiger partial charge in [-0.25, -0.2) is 12.6 Å². The van der Waals surface area contributed by atoms with Gasteiger partial charge >= 0.3 is 0 Å². The highest BCUT2D eigenvalue weighted by Gasteiger charge is 2.32. The Labute approximate surface area is 206 Å². The van der Waals surface area contributed by atoms with Gasteiger partial charge in [-0.1, -0.05) is 12.7 Å². The van der Waals surface area contributed by atoms with Crippen LogP contribution in [0.4, 0.5) is 5.69 Å². The molecule has 1 atom stereocenters. The number of hydrogen-bond donors (Lipinski definition) is 0.